The molecule has 1 aromatic rings. The lowest BCUT2D eigenvalue weighted by molar-refractivity contribution is -0.138. The van der Waals surface area contributed by atoms with Crippen LogP contribution < -0.4 is 10.5 Å². The van der Waals surface area contributed by atoms with Crippen molar-refractivity contribution in [3.05, 3.63) is 28.8 Å². The first-order valence-electron chi connectivity index (χ1n) is 6.34. The molecule has 1 aromatic carbocycles. The van der Waals surface area contributed by atoms with E-state index < -0.39 is 11.9 Å². The molecule has 0 saturated carbocycles. The van der Waals surface area contributed by atoms with Gasteiger partial charge in [0.25, 0.3) is 0 Å². The fourth-order valence-corrected chi connectivity index (χ4v) is 2.20. The number of aryl methyl sites for hydroxylation is 1. The van der Waals surface area contributed by atoms with Crippen LogP contribution in [0.4, 0.5) is 0 Å². The predicted molar refractivity (Wildman–Crippen MR) is 75.9 cm³/mol. The Morgan fingerprint density at radius 2 is 2.00 bits per heavy atom. The zero-order valence-electron chi connectivity index (χ0n) is 12.3. The summed E-state index contributed by atoms with van der Waals surface area (Å²) in [5, 5.41) is 9.22. The van der Waals surface area contributed by atoms with E-state index in [-0.39, 0.29) is 12.0 Å². The number of carboxylic acid groups (broad SMARTS) is 1. The third kappa shape index (κ3) is 3.26. The van der Waals surface area contributed by atoms with Crippen LogP contribution in [0.1, 0.15) is 43.4 Å². The molecule has 4 nitrogen and oxygen atoms in total. The summed E-state index contributed by atoms with van der Waals surface area (Å²) in [6, 6.07) is 3.81. The SMILES string of the molecule is COc1cc(C(CN)C(=O)O)c(C)cc1C(C)(C)C. The Balaban J connectivity index is 3.43. The van der Waals surface area contributed by atoms with E-state index in [4.69, 9.17) is 10.5 Å². The van der Waals surface area contributed by atoms with Gasteiger partial charge in [0.1, 0.15) is 5.75 Å². The molecule has 0 radical (unpaired) electrons. The number of ether oxygens (including phenoxy) is 1. The quantitative estimate of drug-likeness (QED) is 0.877. The predicted octanol–water partition coefficient (Wildman–Crippen LogP) is 2.43. The van der Waals surface area contributed by atoms with Crippen molar-refractivity contribution in [1.82, 2.24) is 0 Å². The standard InChI is InChI=1S/C15H23NO3/c1-9-6-12(15(2,3)4)13(19-5)7-10(9)11(8-16)14(17)18/h6-7,11H,8,16H2,1-5H3,(H,17,18). The average molecular weight is 265 g/mol. The van der Waals surface area contributed by atoms with Gasteiger partial charge in [-0.3, -0.25) is 4.79 Å². The molecule has 0 bridgehead atoms. The van der Waals surface area contributed by atoms with Gasteiger partial charge in [0, 0.05) is 6.54 Å². The zero-order valence-corrected chi connectivity index (χ0v) is 12.3. The Bertz CT molecular complexity index is 475. The van der Waals surface area contributed by atoms with Crippen LogP contribution >= 0.6 is 0 Å². The Morgan fingerprint density at radius 1 is 1.42 bits per heavy atom. The van der Waals surface area contributed by atoms with E-state index in [9.17, 15) is 9.90 Å². The van der Waals surface area contributed by atoms with Crippen molar-refractivity contribution in [3.63, 3.8) is 0 Å². The molecule has 1 atom stereocenters. The maximum absolute atomic E-state index is 11.2. The van der Waals surface area contributed by atoms with Gasteiger partial charge in [-0.05, 0) is 35.1 Å². The first kappa shape index (κ1) is 15.5. The summed E-state index contributed by atoms with van der Waals surface area (Å²) in [5.74, 6) is -0.883. The number of carboxylic acids is 1. The van der Waals surface area contributed by atoms with E-state index in [1.54, 1.807) is 7.11 Å². The molecule has 19 heavy (non-hydrogen) atoms. The van der Waals surface area contributed by atoms with Crippen molar-refractivity contribution < 1.29 is 14.6 Å². The first-order valence-corrected chi connectivity index (χ1v) is 6.34. The lowest BCUT2D eigenvalue weighted by atomic mass is 9.82. The maximum atomic E-state index is 11.2. The molecule has 1 unspecified atom stereocenters. The lowest BCUT2D eigenvalue weighted by Crippen LogP contribution is -2.23. The fraction of sp³-hybridized carbons (Fsp3) is 0.533. The summed E-state index contributed by atoms with van der Waals surface area (Å²) in [5.41, 5.74) is 8.23. The summed E-state index contributed by atoms with van der Waals surface area (Å²) in [6.07, 6.45) is 0. The van der Waals surface area contributed by atoms with Crippen LogP contribution in [0.25, 0.3) is 0 Å². The van der Waals surface area contributed by atoms with Gasteiger partial charge in [-0.1, -0.05) is 26.8 Å². The van der Waals surface area contributed by atoms with Crippen LogP contribution in [-0.2, 0) is 10.2 Å². The summed E-state index contributed by atoms with van der Waals surface area (Å²) < 4.78 is 5.41. The van der Waals surface area contributed by atoms with Crippen LogP contribution in [0.15, 0.2) is 12.1 Å². The van der Waals surface area contributed by atoms with Gasteiger partial charge in [0.05, 0.1) is 13.0 Å². The lowest BCUT2D eigenvalue weighted by Gasteiger charge is -2.25. The minimum atomic E-state index is -0.906. The average Bonchev–Trinajstić information content (AvgIpc) is 2.29. The van der Waals surface area contributed by atoms with Crippen molar-refractivity contribution >= 4 is 5.97 Å². The molecule has 0 amide bonds. The molecule has 0 saturated heterocycles. The molecular weight excluding hydrogens is 242 g/mol. The third-order valence-electron chi connectivity index (χ3n) is 3.31. The van der Waals surface area contributed by atoms with Crippen molar-refractivity contribution in [3.8, 4) is 5.75 Å². The van der Waals surface area contributed by atoms with Crippen molar-refractivity contribution in [1.29, 1.82) is 0 Å². The number of carbonyl (C=O) groups is 1. The number of hydrogen-bond donors (Lipinski definition) is 2. The second-order valence-electron chi connectivity index (χ2n) is 5.79. The summed E-state index contributed by atoms with van der Waals surface area (Å²) >= 11 is 0. The largest absolute Gasteiger partial charge is 0.496 e. The third-order valence-corrected chi connectivity index (χ3v) is 3.31. The Kier molecular flexibility index (Phi) is 4.58. The molecule has 0 spiro atoms. The summed E-state index contributed by atoms with van der Waals surface area (Å²) in [6.45, 7) is 8.29. The second kappa shape index (κ2) is 5.61. The van der Waals surface area contributed by atoms with Gasteiger partial charge >= 0.3 is 5.97 Å². The van der Waals surface area contributed by atoms with Crippen LogP contribution in [0.5, 0.6) is 5.75 Å². The normalized spacial score (nSPS) is 13.2. The van der Waals surface area contributed by atoms with Crippen molar-refractivity contribution in [2.75, 3.05) is 13.7 Å². The van der Waals surface area contributed by atoms with E-state index in [0.717, 1.165) is 16.7 Å². The van der Waals surface area contributed by atoms with E-state index in [0.29, 0.717) is 5.75 Å². The van der Waals surface area contributed by atoms with Crippen molar-refractivity contribution in [2.24, 2.45) is 5.73 Å². The summed E-state index contributed by atoms with van der Waals surface area (Å²) in [4.78, 5) is 11.2. The molecule has 0 aliphatic carbocycles. The van der Waals surface area contributed by atoms with E-state index in [2.05, 4.69) is 20.8 Å². The smallest absolute Gasteiger partial charge is 0.312 e. The first-order chi connectivity index (χ1) is 8.72. The topological polar surface area (TPSA) is 72.5 Å². The number of methoxy groups -OCH3 is 1. The number of hydrogen-bond acceptors (Lipinski definition) is 3. The molecule has 0 heterocycles. The molecular formula is C15H23NO3. The minimum absolute atomic E-state index is 0.0595. The summed E-state index contributed by atoms with van der Waals surface area (Å²) in [7, 11) is 1.60. The highest BCUT2D eigenvalue weighted by Crippen LogP contribution is 2.35. The number of nitrogens with two attached hydrogens (primary N) is 1. The van der Waals surface area contributed by atoms with Crippen LogP contribution in [0.3, 0.4) is 0 Å². The molecule has 3 N–H and O–H groups in total. The second-order valence-corrected chi connectivity index (χ2v) is 5.79. The molecule has 0 aromatic heterocycles. The van der Waals surface area contributed by atoms with Crippen LogP contribution in [0.2, 0.25) is 0 Å². The van der Waals surface area contributed by atoms with Gasteiger partial charge in [-0.15, -0.1) is 0 Å². The van der Waals surface area contributed by atoms with Gasteiger partial charge in [0.2, 0.25) is 0 Å². The van der Waals surface area contributed by atoms with Gasteiger partial charge in [0.15, 0.2) is 0 Å². The fourth-order valence-electron chi connectivity index (χ4n) is 2.20. The zero-order chi connectivity index (χ0) is 14.8. The monoisotopic (exact) mass is 265 g/mol. The molecule has 106 valence electrons. The Morgan fingerprint density at radius 3 is 2.37 bits per heavy atom. The molecule has 0 fully saturated rings. The van der Waals surface area contributed by atoms with E-state index >= 15 is 0 Å². The van der Waals surface area contributed by atoms with Crippen molar-refractivity contribution in [2.45, 2.75) is 39.0 Å². The molecule has 0 aliphatic heterocycles. The van der Waals surface area contributed by atoms with Gasteiger partial charge in [-0.2, -0.15) is 0 Å². The molecule has 4 heteroatoms. The highest BCUT2D eigenvalue weighted by Gasteiger charge is 2.25. The number of aliphatic carboxylic acids is 1. The highest BCUT2D eigenvalue weighted by atomic mass is 16.5. The molecule has 1 rings (SSSR count). The van der Waals surface area contributed by atoms with Gasteiger partial charge in [-0.25, -0.2) is 0 Å². The maximum Gasteiger partial charge on any atom is 0.312 e. The van der Waals surface area contributed by atoms with Crippen LogP contribution in [-0.4, -0.2) is 24.7 Å². The van der Waals surface area contributed by atoms with Crippen LogP contribution in [0, 0.1) is 6.92 Å². The number of rotatable bonds is 4. The minimum Gasteiger partial charge on any atom is -0.496 e. The molecule has 0 aliphatic rings. The van der Waals surface area contributed by atoms with Gasteiger partial charge < -0.3 is 15.6 Å². The van der Waals surface area contributed by atoms with E-state index in [1.165, 1.54) is 0 Å². The Labute approximate surface area is 114 Å². The Hall–Kier alpha value is -1.55. The highest BCUT2D eigenvalue weighted by molar-refractivity contribution is 5.77. The number of benzene rings is 1. The van der Waals surface area contributed by atoms with E-state index in [1.807, 2.05) is 19.1 Å².